The average Bonchev–Trinajstić information content (AvgIpc) is 2.46. The van der Waals surface area contributed by atoms with E-state index in [4.69, 9.17) is 0 Å². The number of nitrogens with zero attached hydrogens (tertiary/aromatic N) is 3. The Morgan fingerprint density at radius 1 is 1.25 bits per heavy atom. The summed E-state index contributed by atoms with van der Waals surface area (Å²) in [5.74, 6) is 0.531. The van der Waals surface area contributed by atoms with Crippen molar-refractivity contribution in [1.29, 1.82) is 5.26 Å². The van der Waals surface area contributed by atoms with Crippen LogP contribution < -0.4 is 5.32 Å². The van der Waals surface area contributed by atoms with Crippen molar-refractivity contribution in [3.8, 4) is 6.07 Å². The van der Waals surface area contributed by atoms with Crippen molar-refractivity contribution in [2.45, 2.75) is 26.7 Å². The van der Waals surface area contributed by atoms with Gasteiger partial charge in [-0.2, -0.15) is 10.4 Å². The lowest BCUT2D eigenvalue weighted by atomic mass is 10.0. The van der Waals surface area contributed by atoms with Crippen molar-refractivity contribution in [2.24, 2.45) is 0 Å². The normalized spacial score (nSPS) is 10.1. The zero-order valence-corrected chi connectivity index (χ0v) is 13.6. The zero-order chi connectivity index (χ0) is 14.5. The van der Waals surface area contributed by atoms with Crippen LogP contribution in [0.4, 0.5) is 11.5 Å². The van der Waals surface area contributed by atoms with Crippen LogP contribution in [0.25, 0.3) is 0 Å². The summed E-state index contributed by atoms with van der Waals surface area (Å²) < 4.78 is 1.12. The Morgan fingerprint density at radius 3 is 2.65 bits per heavy atom. The molecule has 0 fully saturated rings. The minimum absolute atomic E-state index is 0.531. The third-order valence-corrected chi connectivity index (χ3v) is 3.72. The van der Waals surface area contributed by atoms with Crippen LogP contribution in [-0.4, -0.2) is 10.2 Å². The van der Waals surface area contributed by atoms with Gasteiger partial charge in [0, 0.05) is 9.26 Å². The van der Waals surface area contributed by atoms with E-state index >= 15 is 0 Å². The maximum atomic E-state index is 9.42. The molecule has 0 spiro atoms. The highest BCUT2D eigenvalue weighted by atomic mass is 127. The van der Waals surface area contributed by atoms with Gasteiger partial charge in [0.15, 0.2) is 5.82 Å². The van der Waals surface area contributed by atoms with Crippen LogP contribution in [-0.2, 0) is 12.8 Å². The topological polar surface area (TPSA) is 61.6 Å². The van der Waals surface area contributed by atoms with Gasteiger partial charge in [-0.3, -0.25) is 0 Å². The molecule has 1 aromatic carbocycles. The van der Waals surface area contributed by atoms with Gasteiger partial charge in [-0.15, -0.1) is 5.10 Å². The number of aromatic nitrogens is 2. The highest BCUT2D eigenvalue weighted by Crippen LogP contribution is 2.24. The van der Waals surface area contributed by atoms with Gasteiger partial charge in [0.05, 0.1) is 5.69 Å². The van der Waals surface area contributed by atoms with Crippen molar-refractivity contribution >= 4 is 34.1 Å². The first-order chi connectivity index (χ1) is 9.69. The smallest absolute Gasteiger partial charge is 0.171 e. The molecule has 1 N–H and O–H groups in total. The molecule has 1 aromatic heterocycles. The second-order valence-corrected chi connectivity index (χ2v) is 5.55. The largest absolute Gasteiger partial charge is 0.338 e. The molecule has 0 aliphatic heterocycles. The maximum absolute atomic E-state index is 9.42. The Kier molecular flexibility index (Phi) is 4.90. The van der Waals surface area contributed by atoms with Crippen molar-refractivity contribution in [2.75, 3.05) is 5.32 Å². The van der Waals surface area contributed by atoms with E-state index in [0.29, 0.717) is 11.4 Å². The lowest BCUT2D eigenvalue weighted by Crippen LogP contribution is -2.07. The fraction of sp³-hybridized carbons (Fsp3) is 0.267. The molecule has 102 valence electrons. The molecular weight excluding hydrogens is 363 g/mol. The predicted molar refractivity (Wildman–Crippen MR) is 87.9 cm³/mol. The molecule has 1 heterocycles. The standard InChI is InChI=1S/C15H15IN4/c1-3-12-13(9-17)15(20-19-14(12)4-2)18-11-7-5-6-10(16)8-11/h5-8H,3-4H2,1-2H3,(H,18,20). The van der Waals surface area contributed by atoms with Gasteiger partial charge < -0.3 is 5.32 Å². The summed E-state index contributed by atoms with van der Waals surface area (Å²) in [6.07, 6.45) is 1.57. The Hall–Kier alpha value is -1.68. The minimum Gasteiger partial charge on any atom is -0.338 e. The van der Waals surface area contributed by atoms with Gasteiger partial charge in [-0.25, -0.2) is 0 Å². The van der Waals surface area contributed by atoms with Crippen LogP contribution in [0.3, 0.4) is 0 Å². The number of nitrogens with one attached hydrogen (secondary N) is 1. The Bertz CT molecular complexity index is 661. The zero-order valence-electron chi connectivity index (χ0n) is 11.4. The number of rotatable bonds is 4. The first-order valence-electron chi connectivity index (χ1n) is 6.50. The number of benzene rings is 1. The monoisotopic (exact) mass is 378 g/mol. The Labute approximate surface area is 132 Å². The number of halogens is 1. The number of aryl methyl sites for hydroxylation is 1. The highest BCUT2D eigenvalue weighted by molar-refractivity contribution is 14.1. The van der Waals surface area contributed by atoms with Crippen molar-refractivity contribution in [3.63, 3.8) is 0 Å². The summed E-state index contributed by atoms with van der Waals surface area (Å²) in [5, 5.41) is 21.0. The van der Waals surface area contributed by atoms with E-state index in [1.807, 2.05) is 38.1 Å². The minimum atomic E-state index is 0.531. The van der Waals surface area contributed by atoms with Crippen LogP contribution in [0.2, 0.25) is 0 Å². The fourth-order valence-electron chi connectivity index (χ4n) is 2.08. The van der Waals surface area contributed by atoms with Gasteiger partial charge in [0.2, 0.25) is 0 Å². The molecule has 4 nitrogen and oxygen atoms in total. The maximum Gasteiger partial charge on any atom is 0.171 e. The Morgan fingerprint density at radius 2 is 2.05 bits per heavy atom. The molecule has 0 amide bonds. The molecule has 0 bridgehead atoms. The molecule has 2 aromatic rings. The first-order valence-corrected chi connectivity index (χ1v) is 7.58. The van der Waals surface area contributed by atoms with Gasteiger partial charge >= 0.3 is 0 Å². The molecule has 0 atom stereocenters. The average molecular weight is 378 g/mol. The van der Waals surface area contributed by atoms with E-state index in [1.165, 1.54) is 0 Å². The Balaban J connectivity index is 2.45. The number of anilines is 2. The summed E-state index contributed by atoms with van der Waals surface area (Å²) in [6.45, 7) is 4.06. The molecule has 5 heteroatoms. The van der Waals surface area contributed by atoms with Gasteiger partial charge in [-0.1, -0.05) is 19.9 Å². The molecule has 20 heavy (non-hydrogen) atoms. The summed E-state index contributed by atoms with van der Waals surface area (Å²) >= 11 is 2.25. The van der Waals surface area contributed by atoms with Crippen LogP contribution in [0, 0.1) is 14.9 Å². The van der Waals surface area contributed by atoms with Gasteiger partial charge in [-0.05, 0) is 59.2 Å². The predicted octanol–water partition coefficient (Wildman–Crippen LogP) is 3.82. The molecular formula is C15H15IN4. The lowest BCUT2D eigenvalue weighted by Gasteiger charge is -2.12. The van der Waals surface area contributed by atoms with E-state index in [1.54, 1.807) is 0 Å². The molecule has 0 aliphatic carbocycles. The SMILES string of the molecule is CCc1nnc(Nc2cccc(I)c2)c(C#N)c1CC. The number of nitriles is 1. The summed E-state index contributed by atoms with van der Waals surface area (Å²) in [5.41, 5.74) is 3.39. The van der Waals surface area contributed by atoms with Crippen LogP contribution in [0.5, 0.6) is 0 Å². The van der Waals surface area contributed by atoms with Crippen LogP contribution >= 0.6 is 22.6 Å². The van der Waals surface area contributed by atoms with Crippen molar-refractivity contribution < 1.29 is 0 Å². The molecule has 0 unspecified atom stereocenters. The third-order valence-electron chi connectivity index (χ3n) is 3.05. The summed E-state index contributed by atoms with van der Waals surface area (Å²) in [6, 6.07) is 10.2. The first kappa shape index (κ1) is 14.7. The molecule has 0 aliphatic rings. The number of hydrogen-bond acceptors (Lipinski definition) is 4. The highest BCUT2D eigenvalue weighted by Gasteiger charge is 2.14. The molecule has 0 saturated heterocycles. The summed E-state index contributed by atoms with van der Waals surface area (Å²) in [7, 11) is 0. The second-order valence-electron chi connectivity index (χ2n) is 4.30. The van der Waals surface area contributed by atoms with E-state index in [-0.39, 0.29) is 0 Å². The second kappa shape index (κ2) is 6.66. The van der Waals surface area contributed by atoms with E-state index in [0.717, 1.165) is 33.4 Å². The van der Waals surface area contributed by atoms with Gasteiger partial charge in [0.1, 0.15) is 11.6 Å². The third kappa shape index (κ3) is 3.07. The quantitative estimate of drug-likeness (QED) is 0.822. The summed E-state index contributed by atoms with van der Waals surface area (Å²) in [4.78, 5) is 0. The van der Waals surface area contributed by atoms with Gasteiger partial charge in [0.25, 0.3) is 0 Å². The van der Waals surface area contributed by atoms with Crippen molar-refractivity contribution in [3.05, 3.63) is 44.7 Å². The van der Waals surface area contributed by atoms with Crippen molar-refractivity contribution in [1.82, 2.24) is 10.2 Å². The fourth-order valence-corrected chi connectivity index (χ4v) is 2.63. The van der Waals surface area contributed by atoms with E-state index in [2.05, 4.69) is 44.2 Å². The van der Waals surface area contributed by atoms with Crippen LogP contribution in [0.1, 0.15) is 30.7 Å². The molecule has 0 radical (unpaired) electrons. The number of hydrogen-bond donors (Lipinski definition) is 1. The van der Waals surface area contributed by atoms with E-state index in [9.17, 15) is 5.26 Å². The van der Waals surface area contributed by atoms with Crippen LogP contribution in [0.15, 0.2) is 24.3 Å². The molecule has 0 saturated carbocycles. The molecule has 2 rings (SSSR count). The lowest BCUT2D eigenvalue weighted by molar-refractivity contribution is 0.877. The van der Waals surface area contributed by atoms with E-state index < -0.39 is 0 Å².